The molecule has 0 aliphatic carbocycles. The van der Waals surface area contributed by atoms with Gasteiger partial charge in [-0.15, -0.1) is 0 Å². The summed E-state index contributed by atoms with van der Waals surface area (Å²) in [5.74, 6) is 6.54. The Morgan fingerprint density at radius 1 is 1.56 bits per heavy atom. The molecule has 1 rings (SSSR count). The number of nitrogens with two attached hydrogens (primary N) is 1. The van der Waals surface area contributed by atoms with Crippen LogP contribution in [0.5, 0.6) is 0 Å². The van der Waals surface area contributed by atoms with Gasteiger partial charge in [0.05, 0.1) is 12.6 Å². The fourth-order valence-corrected chi connectivity index (χ4v) is 1.57. The van der Waals surface area contributed by atoms with Gasteiger partial charge in [-0.05, 0) is 13.3 Å². The molecule has 3 N–H and O–H groups in total. The summed E-state index contributed by atoms with van der Waals surface area (Å²) < 4.78 is 7.59. The molecule has 0 aliphatic rings. The first-order valence-corrected chi connectivity index (χ1v) is 5.85. The predicted octanol–water partition coefficient (Wildman–Crippen LogP) is 0.704. The number of nitrogens with one attached hydrogen (secondary N) is 1. The second kappa shape index (κ2) is 7.38. The van der Waals surface area contributed by atoms with Crippen molar-refractivity contribution in [1.29, 1.82) is 0 Å². The van der Waals surface area contributed by atoms with Crippen molar-refractivity contribution >= 4 is 0 Å². The van der Waals surface area contributed by atoms with Crippen molar-refractivity contribution < 1.29 is 4.74 Å². The highest BCUT2D eigenvalue weighted by molar-refractivity contribution is 4.95. The molecule has 0 aliphatic heterocycles. The number of rotatable bonds is 8. The highest BCUT2D eigenvalue weighted by Crippen LogP contribution is 2.02. The molecule has 92 valence electrons. The Hall–Kier alpha value is -0.910. The van der Waals surface area contributed by atoms with Gasteiger partial charge in [0.25, 0.3) is 0 Å². The fraction of sp³-hybridized carbons (Fsp3) is 0.727. The molecule has 0 saturated heterocycles. The van der Waals surface area contributed by atoms with E-state index in [-0.39, 0.29) is 6.04 Å². The topological polar surface area (TPSA) is 65.1 Å². The maximum Gasteiger partial charge on any atom is 0.110 e. The SMILES string of the molecule is CCCOCC(Cc1nccn1CC)NN. The predicted molar refractivity (Wildman–Crippen MR) is 63.8 cm³/mol. The van der Waals surface area contributed by atoms with Gasteiger partial charge in [0.15, 0.2) is 0 Å². The summed E-state index contributed by atoms with van der Waals surface area (Å²) in [4.78, 5) is 4.31. The first-order valence-electron chi connectivity index (χ1n) is 5.85. The van der Waals surface area contributed by atoms with Crippen molar-refractivity contribution in [2.75, 3.05) is 13.2 Å². The van der Waals surface area contributed by atoms with Crippen LogP contribution < -0.4 is 11.3 Å². The summed E-state index contributed by atoms with van der Waals surface area (Å²) in [5.41, 5.74) is 2.77. The lowest BCUT2D eigenvalue weighted by Crippen LogP contribution is -2.41. The molecule has 0 saturated carbocycles. The van der Waals surface area contributed by atoms with Crippen molar-refractivity contribution in [3.8, 4) is 0 Å². The van der Waals surface area contributed by atoms with Crippen molar-refractivity contribution in [2.24, 2.45) is 5.84 Å². The number of hydrogen-bond donors (Lipinski definition) is 2. The van der Waals surface area contributed by atoms with Crippen LogP contribution in [0.1, 0.15) is 26.1 Å². The van der Waals surface area contributed by atoms with Crippen molar-refractivity contribution in [1.82, 2.24) is 15.0 Å². The second-order valence-electron chi connectivity index (χ2n) is 3.77. The molecule has 1 atom stereocenters. The van der Waals surface area contributed by atoms with Gasteiger partial charge in [-0.25, -0.2) is 4.98 Å². The molecule has 5 nitrogen and oxygen atoms in total. The van der Waals surface area contributed by atoms with Gasteiger partial charge in [0.2, 0.25) is 0 Å². The number of nitrogens with zero attached hydrogens (tertiary/aromatic N) is 2. The Morgan fingerprint density at radius 3 is 3.00 bits per heavy atom. The lowest BCUT2D eigenvalue weighted by Gasteiger charge is -2.16. The van der Waals surface area contributed by atoms with Gasteiger partial charge in [0.1, 0.15) is 5.82 Å². The maximum atomic E-state index is 5.50. The van der Waals surface area contributed by atoms with Crippen molar-refractivity contribution in [3.63, 3.8) is 0 Å². The maximum absolute atomic E-state index is 5.50. The minimum atomic E-state index is 0.124. The van der Waals surface area contributed by atoms with Crippen LogP contribution in [0.3, 0.4) is 0 Å². The summed E-state index contributed by atoms with van der Waals surface area (Å²) in [6.45, 7) is 6.53. The molecule has 5 heteroatoms. The third-order valence-electron chi connectivity index (χ3n) is 2.47. The second-order valence-corrected chi connectivity index (χ2v) is 3.77. The monoisotopic (exact) mass is 226 g/mol. The van der Waals surface area contributed by atoms with E-state index in [9.17, 15) is 0 Å². The smallest absolute Gasteiger partial charge is 0.110 e. The zero-order chi connectivity index (χ0) is 11.8. The molecule has 0 spiro atoms. The molecule has 0 aromatic carbocycles. The highest BCUT2D eigenvalue weighted by Gasteiger charge is 2.11. The van der Waals surface area contributed by atoms with E-state index in [0.29, 0.717) is 6.61 Å². The Morgan fingerprint density at radius 2 is 2.38 bits per heavy atom. The summed E-state index contributed by atoms with van der Waals surface area (Å²) in [6, 6.07) is 0.124. The van der Waals surface area contributed by atoms with E-state index >= 15 is 0 Å². The molecule has 0 bridgehead atoms. The summed E-state index contributed by atoms with van der Waals surface area (Å²) in [5, 5.41) is 0. The van der Waals surface area contributed by atoms with Crippen LogP contribution in [0.25, 0.3) is 0 Å². The Bertz CT molecular complexity index is 287. The van der Waals surface area contributed by atoms with Crippen LogP contribution in [0, 0.1) is 0 Å². The fourth-order valence-electron chi connectivity index (χ4n) is 1.57. The van der Waals surface area contributed by atoms with Crippen LogP contribution in [-0.4, -0.2) is 28.8 Å². The van der Waals surface area contributed by atoms with Gasteiger partial charge in [0, 0.05) is 32.0 Å². The Balaban J connectivity index is 2.43. The molecule has 16 heavy (non-hydrogen) atoms. The number of hydrazine groups is 1. The van der Waals surface area contributed by atoms with Crippen LogP contribution in [0.15, 0.2) is 12.4 Å². The number of imidazole rings is 1. The molecular weight excluding hydrogens is 204 g/mol. The van der Waals surface area contributed by atoms with Crippen molar-refractivity contribution in [2.45, 2.75) is 39.3 Å². The molecule has 0 fully saturated rings. The zero-order valence-electron chi connectivity index (χ0n) is 10.1. The van der Waals surface area contributed by atoms with Gasteiger partial charge < -0.3 is 9.30 Å². The van der Waals surface area contributed by atoms with E-state index in [2.05, 4.69) is 28.8 Å². The van der Waals surface area contributed by atoms with E-state index in [4.69, 9.17) is 10.6 Å². The van der Waals surface area contributed by atoms with Crippen LogP contribution in [0.4, 0.5) is 0 Å². The van der Waals surface area contributed by atoms with Gasteiger partial charge in [-0.3, -0.25) is 11.3 Å². The Labute approximate surface area is 97.0 Å². The quantitative estimate of drug-likeness (QED) is 0.389. The number of ether oxygens (including phenoxy) is 1. The van der Waals surface area contributed by atoms with Crippen molar-refractivity contribution in [3.05, 3.63) is 18.2 Å². The number of aryl methyl sites for hydroxylation is 1. The van der Waals surface area contributed by atoms with Gasteiger partial charge in [-0.2, -0.15) is 0 Å². The third kappa shape index (κ3) is 3.92. The lowest BCUT2D eigenvalue weighted by atomic mass is 10.2. The summed E-state index contributed by atoms with van der Waals surface area (Å²) >= 11 is 0. The number of aromatic nitrogens is 2. The average Bonchev–Trinajstić information content (AvgIpc) is 2.75. The lowest BCUT2D eigenvalue weighted by molar-refractivity contribution is 0.111. The van der Waals surface area contributed by atoms with E-state index in [1.807, 2.05) is 12.4 Å². The van der Waals surface area contributed by atoms with Gasteiger partial charge >= 0.3 is 0 Å². The average molecular weight is 226 g/mol. The molecular formula is C11H22N4O. The van der Waals surface area contributed by atoms with E-state index in [1.54, 1.807) is 0 Å². The zero-order valence-corrected chi connectivity index (χ0v) is 10.1. The Kier molecular flexibility index (Phi) is 6.07. The highest BCUT2D eigenvalue weighted by atomic mass is 16.5. The van der Waals surface area contributed by atoms with E-state index in [0.717, 1.165) is 31.8 Å². The molecule has 0 radical (unpaired) electrons. The van der Waals surface area contributed by atoms with Crippen LogP contribution in [0.2, 0.25) is 0 Å². The molecule has 1 aromatic rings. The molecule has 0 amide bonds. The largest absolute Gasteiger partial charge is 0.380 e. The molecule has 1 aromatic heterocycles. The standard InChI is InChI=1S/C11H22N4O/c1-3-7-16-9-10(14-12)8-11-13-5-6-15(11)4-2/h5-6,10,14H,3-4,7-9,12H2,1-2H3. The normalized spacial score (nSPS) is 12.9. The van der Waals surface area contributed by atoms with E-state index < -0.39 is 0 Å². The summed E-state index contributed by atoms with van der Waals surface area (Å²) in [7, 11) is 0. The van der Waals surface area contributed by atoms with Gasteiger partial charge in [-0.1, -0.05) is 6.92 Å². The van der Waals surface area contributed by atoms with Crippen LogP contribution >= 0.6 is 0 Å². The number of hydrogen-bond acceptors (Lipinski definition) is 4. The van der Waals surface area contributed by atoms with E-state index in [1.165, 1.54) is 0 Å². The molecule has 1 heterocycles. The first kappa shape index (κ1) is 13.2. The first-order chi connectivity index (χ1) is 7.81. The summed E-state index contributed by atoms with van der Waals surface area (Å²) in [6.07, 6.45) is 5.62. The molecule has 1 unspecified atom stereocenters. The van der Waals surface area contributed by atoms with Crippen LogP contribution in [-0.2, 0) is 17.7 Å². The third-order valence-corrected chi connectivity index (χ3v) is 2.47. The minimum absolute atomic E-state index is 0.124. The minimum Gasteiger partial charge on any atom is -0.380 e.